The highest BCUT2D eigenvalue weighted by atomic mass is 32.2. The summed E-state index contributed by atoms with van der Waals surface area (Å²) in [6, 6.07) is 16.5. The highest BCUT2D eigenvalue weighted by Gasteiger charge is 2.26. The van der Waals surface area contributed by atoms with Crippen LogP contribution in [-0.4, -0.2) is 66.5 Å². The second-order valence-corrected chi connectivity index (χ2v) is 10.5. The first kappa shape index (κ1) is 23.1. The first-order chi connectivity index (χ1) is 15.8. The maximum Gasteiger partial charge on any atom is 0.253 e. The molecule has 0 N–H and O–H groups in total. The van der Waals surface area contributed by atoms with E-state index < -0.39 is 9.84 Å². The van der Waals surface area contributed by atoms with Gasteiger partial charge in [0.2, 0.25) is 0 Å². The molecule has 0 aliphatic carbocycles. The first-order valence-corrected chi connectivity index (χ1v) is 12.9. The van der Waals surface area contributed by atoms with E-state index in [9.17, 15) is 13.2 Å². The van der Waals surface area contributed by atoms with Crippen LogP contribution in [0, 0.1) is 0 Å². The molecule has 0 radical (unpaired) electrons. The molecule has 0 saturated carbocycles. The minimum Gasteiger partial charge on any atom is -0.339 e. The number of carbonyl (C=O) groups excluding carboxylic acids is 1. The first-order valence-electron chi connectivity index (χ1n) is 11.0. The summed E-state index contributed by atoms with van der Waals surface area (Å²) in [5.41, 5.74) is 3.14. The van der Waals surface area contributed by atoms with Crippen LogP contribution in [-0.2, 0) is 16.4 Å². The van der Waals surface area contributed by atoms with Crippen molar-refractivity contribution in [3.63, 3.8) is 0 Å². The van der Waals surface area contributed by atoms with Crippen molar-refractivity contribution >= 4 is 15.7 Å². The van der Waals surface area contributed by atoms with Crippen molar-refractivity contribution in [2.45, 2.75) is 30.3 Å². The van der Waals surface area contributed by atoms with E-state index in [2.05, 4.69) is 21.9 Å². The Labute approximate surface area is 195 Å². The molecular weight excluding hydrogens is 436 g/mol. The van der Waals surface area contributed by atoms with Crippen LogP contribution in [0.1, 0.15) is 28.9 Å². The molecule has 0 bridgehead atoms. The normalized spacial score (nSPS) is 15.1. The Hall–Kier alpha value is -3.10. The minimum absolute atomic E-state index is 0.0997. The number of sulfone groups is 1. The van der Waals surface area contributed by atoms with Crippen molar-refractivity contribution in [2.75, 3.05) is 26.4 Å². The largest absolute Gasteiger partial charge is 0.339 e. The standard InChI is InChI=1S/C25H28N4O3S/c1-28(22-12-14-29(15-13-22)25(30)20-6-4-3-5-7-20)18-21-16-27-24(17-26-21)19-8-10-23(11-9-19)33(2,31)32/h3-11,16-17,22H,12-15,18H2,1-2H3. The summed E-state index contributed by atoms with van der Waals surface area (Å²) in [7, 11) is -1.14. The lowest BCUT2D eigenvalue weighted by Crippen LogP contribution is -2.45. The number of piperidine rings is 1. The van der Waals surface area contributed by atoms with Crippen molar-refractivity contribution < 1.29 is 13.2 Å². The van der Waals surface area contributed by atoms with Crippen molar-refractivity contribution in [1.29, 1.82) is 0 Å². The maximum absolute atomic E-state index is 12.6. The third-order valence-electron chi connectivity index (χ3n) is 6.09. The van der Waals surface area contributed by atoms with Gasteiger partial charge in [-0.25, -0.2) is 8.42 Å². The number of hydrogen-bond donors (Lipinski definition) is 0. The molecule has 1 aliphatic rings. The topological polar surface area (TPSA) is 83.5 Å². The lowest BCUT2D eigenvalue weighted by atomic mass is 10.0. The molecule has 1 aromatic heterocycles. The zero-order valence-electron chi connectivity index (χ0n) is 18.9. The molecule has 4 rings (SSSR count). The van der Waals surface area contributed by atoms with Crippen LogP contribution in [0.2, 0.25) is 0 Å². The maximum atomic E-state index is 12.6. The van der Waals surface area contributed by atoms with Gasteiger partial charge in [-0.05, 0) is 44.2 Å². The van der Waals surface area contributed by atoms with Gasteiger partial charge in [-0.1, -0.05) is 30.3 Å². The number of nitrogens with zero attached hydrogens (tertiary/aromatic N) is 4. The third-order valence-corrected chi connectivity index (χ3v) is 7.22. The molecule has 0 atom stereocenters. The summed E-state index contributed by atoms with van der Waals surface area (Å²) >= 11 is 0. The Balaban J connectivity index is 1.32. The van der Waals surface area contributed by atoms with Gasteiger partial charge in [0.25, 0.3) is 5.91 Å². The summed E-state index contributed by atoms with van der Waals surface area (Å²) in [5.74, 6) is 0.0997. The second-order valence-electron chi connectivity index (χ2n) is 8.49. The number of hydrogen-bond acceptors (Lipinski definition) is 6. The summed E-state index contributed by atoms with van der Waals surface area (Å²) in [6.45, 7) is 2.17. The number of aromatic nitrogens is 2. The van der Waals surface area contributed by atoms with Gasteiger partial charge in [-0.15, -0.1) is 0 Å². The molecule has 3 aromatic rings. The smallest absolute Gasteiger partial charge is 0.253 e. The molecule has 2 aromatic carbocycles. The molecular formula is C25H28N4O3S. The highest BCUT2D eigenvalue weighted by molar-refractivity contribution is 7.90. The van der Waals surface area contributed by atoms with Gasteiger partial charge in [0.1, 0.15) is 0 Å². The molecule has 1 aliphatic heterocycles. The lowest BCUT2D eigenvalue weighted by molar-refractivity contribution is 0.0638. The van der Waals surface area contributed by atoms with E-state index in [1.165, 1.54) is 6.26 Å². The van der Waals surface area contributed by atoms with E-state index in [4.69, 9.17) is 0 Å². The van der Waals surface area contributed by atoms with E-state index in [0.29, 0.717) is 18.3 Å². The summed E-state index contributed by atoms with van der Waals surface area (Å²) in [5, 5.41) is 0. The molecule has 1 amide bonds. The third kappa shape index (κ3) is 5.64. The molecule has 7 nitrogen and oxygen atoms in total. The number of amides is 1. The lowest BCUT2D eigenvalue weighted by Gasteiger charge is -2.36. The van der Waals surface area contributed by atoms with Crippen LogP contribution < -0.4 is 0 Å². The molecule has 33 heavy (non-hydrogen) atoms. The summed E-state index contributed by atoms with van der Waals surface area (Å²) in [6.07, 6.45) is 6.53. The predicted molar refractivity (Wildman–Crippen MR) is 127 cm³/mol. The van der Waals surface area contributed by atoms with E-state index in [-0.39, 0.29) is 10.8 Å². The highest BCUT2D eigenvalue weighted by Crippen LogP contribution is 2.21. The molecule has 1 saturated heterocycles. The van der Waals surface area contributed by atoms with Crippen molar-refractivity contribution in [2.24, 2.45) is 0 Å². The number of benzene rings is 2. The van der Waals surface area contributed by atoms with Gasteiger partial charge >= 0.3 is 0 Å². The SMILES string of the molecule is CN(Cc1cnc(-c2ccc(S(C)(=O)=O)cc2)cn1)C1CCN(C(=O)c2ccccc2)CC1. The number of rotatable bonds is 6. The molecule has 0 unspecified atom stereocenters. The van der Waals surface area contributed by atoms with Crippen LogP contribution in [0.4, 0.5) is 0 Å². The van der Waals surface area contributed by atoms with Crippen LogP contribution in [0.25, 0.3) is 11.3 Å². The number of likely N-dealkylation sites (tertiary alicyclic amines) is 1. The Morgan fingerprint density at radius 2 is 1.67 bits per heavy atom. The quantitative estimate of drug-likeness (QED) is 0.557. The fourth-order valence-corrected chi connectivity index (χ4v) is 4.75. The Morgan fingerprint density at radius 3 is 2.24 bits per heavy atom. The molecule has 1 fully saturated rings. The van der Waals surface area contributed by atoms with Gasteiger partial charge in [0.15, 0.2) is 9.84 Å². The average Bonchev–Trinajstić information content (AvgIpc) is 2.84. The van der Waals surface area contributed by atoms with Gasteiger partial charge in [0, 0.05) is 43.1 Å². The zero-order chi connectivity index (χ0) is 23.4. The summed E-state index contributed by atoms with van der Waals surface area (Å²) < 4.78 is 23.2. The van der Waals surface area contributed by atoms with Crippen LogP contribution in [0.15, 0.2) is 71.9 Å². The van der Waals surface area contributed by atoms with E-state index in [0.717, 1.165) is 42.8 Å². The van der Waals surface area contributed by atoms with Crippen molar-refractivity contribution in [3.05, 3.63) is 78.2 Å². The Kier molecular flexibility index (Phi) is 6.85. The van der Waals surface area contributed by atoms with Crippen molar-refractivity contribution in [3.8, 4) is 11.3 Å². The molecule has 2 heterocycles. The fourth-order valence-electron chi connectivity index (χ4n) is 4.12. The Morgan fingerprint density at radius 1 is 1.00 bits per heavy atom. The molecule has 172 valence electrons. The van der Waals surface area contributed by atoms with Gasteiger partial charge < -0.3 is 4.90 Å². The van der Waals surface area contributed by atoms with Crippen LogP contribution in [0.5, 0.6) is 0 Å². The van der Waals surface area contributed by atoms with Crippen LogP contribution in [0.3, 0.4) is 0 Å². The summed E-state index contributed by atoms with van der Waals surface area (Å²) in [4.78, 5) is 26.2. The zero-order valence-corrected chi connectivity index (χ0v) is 19.7. The minimum atomic E-state index is -3.22. The fraction of sp³-hybridized carbons (Fsp3) is 0.320. The number of carbonyl (C=O) groups is 1. The monoisotopic (exact) mass is 464 g/mol. The van der Waals surface area contributed by atoms with Gasteiger partial charge in [0.05, 0.1) is 28.7 Å². The molecule has 8 heteroatoms. The van der Waals surface area contributed by atoms with Gasteiger partial charge in [-0.2, -0.15) is 0 Å². The second kappa shape index (κ2) is 9.80. The van der Waals surface area contributed by atoms with E-state index in [1.807, 2.05) is 35.2 Å². The van der Waals surface area contributed by atoms with Gasteiger partial charge in [-0.3, -0.25) is 19.7 Å². The predicted octanol–water partition coefficient (Wildman–Crippen LogP) is 3.28. The van der Waals surface area contributed by atoms with E-state index in [1.54, 1.807) is 36.7 Å². The van der Waals surface area contributed by atoms with E-state index >= 15 is 0 Å². The Bertz CT molecular complexity index is 1190. The molecule has 0 spiro atoms. The average molecular weight is 465 g/mol. The van der Waals surface area contributed by atoms with Crippen LogP contribution >= 0.6 is 0 Å². The van der Waals surface area contributed by atoms with Crippen molar-refractivity contribution in [1.82, 2.24) is 19.8 Å².